The number of carboxylic acid groups (broad SMARTS) is 1. The van der Waals surface area contributed by atoms with Gasteiger partial charge in [-0.25, -0.2) is 9.78 Å². The topological polar surface area (TPSA) is 95.1 Å². The molecule has 3 rings (SSSR count). The van der Waals surface area contributed by atoms with Crippen LogP contribution < -0.4 is 5.32 Å². The number of aryl methyl sites for hydroxylation is 2. The highest BCUT2D eigenvalue weighted by molar-refractivity contribution is 5.84. The molecule has 0 saturated heterocycles. The Morgan fingerprint density at radius 1 is 1.15 bits per heavy atom. The van der Waals surface area contributed by atoms with Crippen molar-refractivity contribution < 1.29 is 14.7 Å². The number of nitrogens with one attached hydrogen (secondary N) is 2. The number of hydrogen-bond donors (Lipinski definition) is 3. The second-order valence-corrected chi connectivity index (χ2v) is 6.30. The molecule has 2 aromatic carbocycles. The molecule has 1 aromatic heterocycles. The lowest BCUT2D eigenvalue weighted by molar-refractivity contribution is -0.141. The van der Waals surface area contributed by atoms with E-state index >= 15 is 0 Å². The van der Waals surface area contributed by atoms with Crippen molar-refractivity contribution in [2.45, 2.75) is 32.2 Å². The lowest BCUT2D eigenvalue weighted by Crippen LogP contribution is -2.42. The first-order valence-corrected chi connectivity index (χ1v) is 8.53. The minimum absolute atomic E-state index is 0.178. The highest BCUT2D eigenvalue weighted by Gasteiger charge is 2.20. The summed E-state index contributed by atoms with van der Waals surface area (Å²) in [4.78, 5) is 31.3. The molecule has 0 aliphatic heterocycles. The fourth-order valence-corrected chi connectivity index (χ4v) is 2.89. The molecule has 0 spiro atoms. The fourth-order valence-electron chi connectivity index (χ4n) is 2.89. The Labute approximate surface area is 151 Å². The molecule has 1 atom stereocenters. The maximum atomic E-state index is 12.2. The summed E-state index contributed by atoms with van der Waals surface area (Å²) < 4.78 is 0. The van der Waals surface area contributed by atoms with E-state index in [4.69, 9.17) is 0 Å². The van der Waals surface area contributed by atoms with E-state index in [1.165, 1.54) is 0 Å². The zero-order chi connectivity index (χ0) is 18.5. The molecule has 3 N–H and O–H groups in total. The molecule has 6 nitrogen and oxygen atoms in total. The van der Waals surface area contributed by atoms with Crippen molar-refractivity contribution in [3.05, 3.63) is 65.5 Å². The fraction of sp³-hybridized carbons (Fsp3) is 0.250. The van der Waals surface area contributed by atoms with Gasteiger partial charge in [-0.3, -0.25) is 4.79 Å². The number of carbonyl (C=O) groups excluding carboxylic acids is 1. The molecule has 0 aliphatic rings. The molecule has 0 unspecified atom stereocenters. The van der Waals surface area contributed by atoms with E-state index in [0.717, 1.165) is 28.0 Å². The number of H-pyrrole nitrogens is 1. The molecule has 6 heteroatoms. The SMILES string of the molecule is Cc1cccc2[nH]c(CCC(=O)N[C@@H](Cc3ccccc3)C(=O)O)nc12. The average Bonchev–Trinajstić information content (AvgIpc) is 3.05. The van der Waals surface area contributed by atoms with E-state index in [9.17, 15) is 14.7 Å². The van der Waals surface area contributed by atoms with E-state index in [1.54, 1.807) is 0 Å². The van der Waals surface area contributed by atoms with Crippen molar-refractivity contribution in [1.29, 1.82) is 0 Å². The first kappa shape index (κ1) is 17.7. The van der Waals surface area contributed by atoms with Crippen LogP contribution in [0.5, 0.6) is 0 Å². The normalized spacial score (nSPS) is 12.0. The molecule has 3 aromatic rings. The Hall–Kier alpha value is -3.15. The quantitative estimate of drug-likeness (QED) is 0.610. The van der Waals surface area contributed by atoms with Crippen LogP contribution in [0, 0.1) is 6.92 Å². The summed E-state index contributed by atoms with van der Waals surface area (Å²) in [6, 6.07) is 14.2. The standard InChI is InChI=1S/C20H21N3O3/c1-13-6-5-9-15-19(13)23-17(21-15)10-11-18(24)22-16(20(25)26)12-14-7-3-2-4-8-14/h2-9,16H,10-12H2,1H3,(H,21,23)(H,22,24)(H,25,26)/t16-/m0/s1. The van der Waals surface area contributed by atoms with Crippen molar-refractivity contribution in [1.82, 2.24) is 15.3 Å². The van der Waals surface area contributed by atoms with Gasteiger partial charge in [0, 0.05) is 19.3 Å². The Morgan fingerprint density at radius 3 is 2.62 bits per heavy atom. The van der Waals surface area contributed by atoms with Gasteiger partial charge >= 0.3 is 5.97 Å². The van der Waals surface area contributed by atoms with Gasteiger partial charge in [-0.15, -0.1) is 0 Å². The van der Waals surface area contributed by atoms with Crippen LogP contribution in [0.2, 0.25) is 0 Å². The Kier molecular flexibility index (Phi) is 5.31. The molecule has 134 valence electrons. The van der Waals surface area contributed by atoms with Gasteiger partial charge in [0.1, 0.15) is 11.9 Å². The van der Waals surface area contributed by atoms with E-state index < -0.39 is 12.0 Å². The lowest BCUT2D eigenvalue weighted by atomic mass is 10.1. The summed E-state index contributed by atoms with van der Waals surface area (Å²) in [5.74, 6) is -0.619. The molecule has 1 amide bonds. The van der Waals surface area contributed by atoms with Crippen LogP contribution in [0.1, 0.15) is 23.4 Å². The zero-order valence-corrected chi connectivity index (χ0v) is 14.5. The number of hydrogen-bond acceptors (Lipinski definition) is 3. The molecule has 0 saturated carbocycles. The van der Waals surface area contributed by atoms with Gasteiger partial charge in [0.05, 0.1) is 11.0 Å². The minimum Gasteiger partial charge on any atom is -0.480 e. The van der Waals surface area contributed by atoms with Gasteiger partial charge in [0.2, 0.25) is 5.91 Å². The number of aliphatic carboxylic acids is 1. The number of nitrogens with zero attached hydrogens (tertiary/aromatic N) is 1. The third kappa shape index (κ3) is 4.27. The number of aromatic amines is 1. The largest absolute Gasteiger partial charge is 0.480 e. The van der Waals surface area contributed by atoms with Crippen LogP contribution >= 0.6 is 0 Å². The number of para-hydroxylation sites is 1. The summed E-state index contributed by atoms with van der Waals surface area (Å²) >= 11 is 0. The highest BCUT2D eigenvalue weighted by Crippen LogP contribution is 2.16. The smallest absolute Gasteiger partial charge is 0.326 e. The number of aromatic nitrogens is 2. The summed E-state index contributed by atoms with van der Waals surface area (Å²) in [5.41, 5.74) is 3.78. The highest BCUT2D eigenvalue weighted by atomic mass is 16.4. The summed E-state index contributed by atoms with van der Waals surface area (Å²) in [7, 11) is 0. The van der Waals surface area contributed by atoms with Gasteiger partial charge in [-0.2, -0.15) is 0 Å². The van der Waals surface area contributed by atoms with E-state index in [1.807, 2.05) is 55.5 Å². The minimum atomic E-state index is -1.04. The van der Waals surface area contributed by atoms with Crippen LogP contribution in [-0.4, -0.2) is 33.0 Å². The van der Waals surface area contributed by atoms with Gasteiger partial charge in [0.25, 0.3) is 0 Å². The third-order valence-electron chi connectivity index (χ3n) is 4.27. The number of amides is 1. The molecule has 1 heterocycles. The van der Waals surface area contributed by atoms with Crippen LogP contribution in [0.4, 0.5) is 0 Å². The second kappa shape index (κ2) is 7.82. The van der Waals surface area contributed by atoms with E-state index in [2.05, 4.69) is 15.3 Å². The van der Waals surface area contributed by atoms with Crippen molar-refractivity contribution >= 4 is 22.9 Å². The Balaban J connectivity index is 1.59. The lowest BCUT2D eigenvalue weighted by Gasteiger charge is -2.14. The second-order valence-electron chi connectivity index (χ2n) is 6.30. The number of carbonyl (C=O) groups is 2. The van der Waals surface area contributed by atoms with Gasteiger partial charge < -0.3 is 15.4 Å². The monoisotopic (exact) mass is 351 g/mol. The maximum absolute atomic E-state index is 12.2. The van der Waals surface area contributed by atoms with Gasteiger partial charge in [0.15, 0.2) is 0 Å². The van der Waals surface area contributed by atoms with Crippen molar-refractivity contribution in [2.75, 3.05) is 0 Å². The molecule has 0 radical (unpaired) electrons. The average molecular weight is 351 g/mol. The number of carboxylic acids is 1. The van der Waals surface area contributed by atoms with Crippen molar-refractivity contribution in [3.63, 3.8) is 0 Å². The van der Waals surface area contributed by atoms with E-state index in [0.29, 0.717) is 6.42 Å². The number of imidazole rings is 1. The zero-order valence-electron chi connectivity index (χ0n) is 14.5. The number of fused-ring (bicyclic) bond motifs is 1. The van der Waals surface area contributed by atoms with Crippen LogP contribution in [0.3, 0.4) is 0 Å². The maximum Gasteiger partial charge on any atom is 0.326 e. The molecular formula is C20H21N3O3. The van der Waals surface area contributed by atoms with Gasteiger partial charge in [-0.05, 0) is 24.1 Å². The van der Waals surface area contributed by atoms with Crippen molar-refractivity contribution in [3.8, 4) is 0 Å². The molecule has 0 bridgehead atoms. The van der Waals surface area contributed by atoms with E-state index in [-0.39, 0.29) is 18.7 Å². The Bertz CT molecular complexity index is 918. The van der Waals surface area contributed by atoms with Gasteiger partial charge in [-0.1, -0.05) is 42.5 Å². The summed E-state index contributed by atoms with van der Waals surface area (Å²) in [6.07, 6.45) is 0.862. The first-order valence-electron chi connectivity index (χ1n) is 8.53. The first-order chi connectivity index (χ1) is 12.5. The Morgan fingerprint density at radius 2 is 1.92 bits per heavy atom. The predicted octanol–water partition coefficient (Wildman–Crippen LogP) is 2.62. The third-order valence-corrected chi connectivity index (χ3v) is 4.27. The molecule has 0 aliphatic carbocycles. The summed E-state index contributed by atoms with van der Waals surface area (Å²) in [5, 5.41) is 12.0. The molecule has 26 heavy (non-hydrogen) atoms. The predicted molar refractivity (Wildman–Crippen MR) is 98.9 cm³/mol. The van der Waals surface area contributed by atoms with Crippen molar-refractivity contribution in [2.24, 2.45) is 0 Å². The number of rotatable bonds is 7. The molecular weight excluding hydrogens is 330 g/mol. The van der Waals surface area contributed by atoms with Crippen LogP contribution in [0.15, 0.2) is 48.5 Å². The van der Waals surface area contributed by atoms with Crippen LogP contribution in [-0.2, 0) is 22.4 Å². The number of benzene rings is 2. The molecule has 0 fully saturated rings. The van der Waals surface area contributed by atoms with Crippen LogP contribution in [0.25, 0.3) is 11.0 Å². The summed E-state index contributed by atoms with van der Waals surface area (Å²) in [6.45, 7) is 1.99.